The normalized spacial score (nSPS) is 8.38. The van der Waals surface area contributed by atoms with Crippen molar-refractivity contribution in [3.8, 4) is 0 Å². The van der Waals surface area contributed by atoms with Gasteiger partial charge >= 0.3 is 5.97 Å². The van der Waals surface area contributed by atoms with E-state index in [1.807, 2.05) is 0 Å². The van der Waals surface area contributed by atoms with Crippen LogP contribution >= 0.6 is 0 Å². The van der Waals surface area contributed by atoms with Gasteiger partial charge < -0.3 is 16.0 Å². The van der Waals surface area contributed by atoms with Gasteiger partial charge in [-0.1, -0.05) is 6.92 Å². The van der Waals surface area contributed by atoms with Crippen LogP contribution in [0, 0.1) is 5.21 Å². The highest BCUT2D eigenvalue weighted by Crippen LogP contribution is 1.90. The highest BCUT2D eigenvalue weighted by Gasteiger charge is 1.85. The summed E-state index contributed by atoms with van der Waals surface area (Å²) in [6, 6.07) is 3.26. The number of aliphatic carboxylic acids is 1. The van der Waals surface area contributed by atoms with Crippen molar-refractivity contribution in [2.24, 2.45) is 0 Å². The molecule has 0 atom stereocenters. The standard InChI is InChI=1S/C5H6N2O.C3H6O2/c6-5-2-1-3-7(8)4-5;1-2-3(4)5/h1-4H,6H2;2H2,1H3,(H,4,5). The van der Waals surface area contributed by atoms with Gasteiger partial charge in [0.1, 0.15) is 0 Å². The van der Waals surface area contributed by atoms with E-state index in [0.29, 0.717) is 10.4 Å². The van der Waals surface area contributed by atoms with E-state index >= 15 is 0 Å². The van der Waals surface area contributed by atoms with Crippen LogP contribution in [0.15, 0.2) is 24.5 Å². The minimum absolute atomic E-state index is 0.222. The Morgan fingerprint density at radius 3 is 2.54 bits per heavy atom. The van der Waals surface area contributed by atoms with Crippen molar-refractivity contribution in [2.45, 2.75) is 13.3 Å². The number of carbonyl (C=O) groups is 1. The molecule has 0 spiro atoms. The molecule has 0 aliphatic carbocycles. The van der Waals surface area contributed by atoms with Crippen LogP contribution in [0.25, 0.3) is 0 Å². The number of hydrogen-bond donors (Lipinski definition) is 2. The molecule has 1 aromatic rings. The molecule has 5 nitrogen and oxygen atoms in total. The Bertz CT molecular complexity index is 259. The summed E-state index contributed by atoms with van der Waals surface area (Å²) >= 11 is 0. The molecule has 13 heavy (non-hydrogen) atoms. The first-order valence-electron chi connectivity index (χ1n) is 3.72. The van der Waals surface area contributed by atoms with E-state index in [2.05, 4.69) is 0 Å². The summed E-state index contributed by atoms with van der Waals surface area (Å²) < 4.78 is 0.662. The molecule has 0 aromatic carbocycles. The molecule has 0 radical (unpaired) electrons. The fourth-order valence-corrected chi connectivity index (χ4v) is 0.472. The number of rotatable bonds is 1. The lowest BCUT2D eigenvalue weighted by atomic mass is 10.4. The molecule has 1 aromatic heterocycles. The summed E-state index contributed by atoms with van der Waals surface area (Å²) in [5.74, 6) is -0.745. The molecule has 0 aliphatic heterocycles. The van der Waals surface area contributed by atoms with Crippen LogP contribution < -0.4 is 10.5 Å². The lowest BCUT2D eigenvalue weighted by molar-refractivity contribution is -0.604. The van der Waals surface area contributed by atoms with E-state index in [0.717, 1.165) is 0 Å². The van der Waals surface area contributed by atoms with Gasteiger partial charge in [-0.25, -0.2) is 0 Å². The zero-order valence-corrected chi connectivity index (χ0v) is 7.30. The third-order valence-electron chi connectivity index (χ3n) is 1.10. The van der Waals surface area contributed by atoms with Gasteiger partial charge in [-0.3, -0.25) is 4.79 Å². The van der Waals surface area contributed by atoms with Crippen LogP contribution in [-0.2, 0) is 4.79 Å². The number of pyridine rings is 1. The maximum atomic E-state index is 10.3. The molecule has 1 heterocycles. The van der Waals surface area contributed by atoms with Crippen molar-refractivity contribution in [3.05, 3.63) is 29.7 Å². The molecular weight excluding hydrogens is 172 g/mol. The molecule has 0 saturated carbocycles. The summed E-state index contributed by atoms with van der Waals surface area (Å²) in [7, 11) is 0. The van der Waals surface area contributed by atoms with E-state index in [9.17, 15) is 10.0 Å². The minimum Gasteiger partial charge on any atom is -0.619 e. The molecule has 0 amide bonds. The molecule has 0 fully saturated rings. The second-order valence-electron chi connectivity index (χ2n) is 2.24. The number of nitrogens with two attached hydrogens (primary N) is 1. The lowest BCUT2D eigenvalue weighted by Gasteiger charge is -1.92. The summed E-state index contributed by atoms with van der Waals surface area (Å²) in [4.78, 5) is 9.37. The van der Waals surface area contributed by atoms with Gasteiger partial charge in [0.2, 0.25) is 6.20 Å². The Kier molecular flexibility index (Phi) is 5.02. The van der Waals surface area contributed by atoms with Crippen LogP contribution in [0.3, 0.4) is 0 Å². The molecule has 5 heteroatoms. The first kappa shape index (κ1) is 11.2. The smallest absolute Gasteiger partial charge is 0.303 e. The fraction of sp³-hybridized carbons (Fsp3) is 0.250. The summed E-state index contributed by atoms with van der Waals surface area (Å²) in [6.45, 7) is 1.60. The van der Waals surface area contributed by atoms with Crippen molar-refractivity contribution >= 4 is 11.7 Å². The maximum absolute atomic E-state index is 10.3. The van der Waals surface area contributed by atoms with Gasteiger partial charge in [0.05, 0.1) is 5.69 Å². The van der Waals surface area contributed by atoms with Crippen molar-refractivity contribution in [1.29, 1.82) is 0 Å². The number of carboxylic acids is 1. The maximum Gasteiger partial charge on any atom is 0.303 e. The number of anilines is 1. The van der Waals surface area contributed by atoms with Crippen molar-refractivity contribution in [2.75, 3.05) is 5.73 Å². The van der Waals surface area contributed by atoms with Crippen LogP contribution in [0.2, 0.25) is 0 Å². The van der Waals surface area contributed by atoms with Gasteiger partial charge in [-0.15, -0.1) is 0 Å². The van der Waals surface area contributed by atoms with Gasteiger partial charge in [0.25, 0.3) is 0 Å². The average molecular weight is 184 g/mol. The second-order valence-corrected chi connectivity index (χ2v) is 2.24. The van der Waals surface area contributed by atoms with Gasteiger partial charge in [-0.05, 0) is 6.07 Å². The van der Waals surface area contributed by atoms with Crippen molar-refractivity contribution in [3.63, 3.8) is 0 Å². The van der Waals surface area contributed by atoms with Gasteiger partial charge in [0, 0.05) is 12.5 Å². The molecule has 0 aliphatic rings. The van der Waals surface area contributed by atoms with E-state index in [4.69, 9.17) is 10.8 Å². The van der Waals surface area contributed by atoms with Crippen molar-refractivity contribution in [1.82, 2.24) is 0 Å². The van der Waals surface area contributed by atoms with Crippen LogP contribution in [0.4, 0.5) is 5.69 Å². The number of hydrogen-bond acceptors (Lipinski definition) is 3. The van der Waals surface area contributed by atoms with E-state index < -0.39 is 5.97 Å². The average Bonchev–Trinajstić information content (AvgIpc) is 2.05. The van der Waals surface area contributed by atoms with Crippen LogP contribution in [0.1, 0.15) is 13.3 Å². The Morgan fingerprint density at radius 2 is 2.31 bits per heavy atom. The monoisotopic (exact) mass is 184 g/mol. The Labute approximate surface area is 76.0 Å². The van der Waals surface area contributed by atoms with E-state index in [1.54, 1.807) is 19.1 Å². The fourth-order valence-electron chi connectivity index (χ4n) is 0.472. The Balaban J connectivity index is 0.000000252. The van der Waals surface area contributed by atoms with Crippen molar-refractivity contribution < 1.29 is 14.6 Å². The number of aromatic nitrogens is 1. The number of nitrogens with zero attached hydrogens (tertiary/aromatic N) is 1. The van der Waals surface area contributed by atoms with E-state index in [1.165, 1.54) is 12.4 Å². The lowest BCUT2D eigenvalue weighted by Crippen LogP contribution is -2.24. The first-order chi connectivity index (χ1) is 6.06. The Morgan fingerprint density at radius 1 is 1.77 bits per heavy atom. The summed E-state index contributed by atoms with van der Waals surface area (Å²) in [6.07, 6.45) is 2.91. The number of nitrogen functional groups attached to an aromatic ring is 1. The third kappa shape index (κ3) is 6.61. The van der Waals surface area contributed by atoms with Gasteiger partial charge in [0.15, 0.2) is 6.20 Å². The largest absolute Gasteiger partial charge is 0.619 e. The topological polar surface area (TPSA) is 90.3 Å². The molecular formula is C8H12N2O3. The molecule has 0 saturated heterocycles. The highest BCUT2D eigenvalue weighted by molar-refractivity contribution is 5.66. The highest BCUT2D eigenvalue weighted by atomic mass is 16.5. The number of carboxylic acid groups (broad SMARTS) is 1. The quantitative estimate of drug-likeness (QED) is 0.487. The molecule has 1 rings (SSSR count). The zero-order chi connectivity index (χ0) is 10.3. The van der Waals surface area contributed by atoms with Crippen LogP contribution in [0.5, 0.6) is 0 Å². The van der Waals surface area contributed by atoms with Crippen LogP contribution in [-0.4, -0.2) is 11.1 Å². The molecule has 0 unspecified atom stereocenters. The third-order valence-corrected chi connectivity index (χ3v) is 1.10. The second kappa shape index (κ2) is 5.82. The molecule has 0 bridgehead atoms. The zero-order valence-electron chi connectivity index (χ0n) is 7.30. The van der Waals surface area contributed by atoms with E-state index in [-0.39, 0.29) is 6.42 Å². The first-order valence-corrected chi connectivity index (χ1v) is 3.72. The minimum atomic E-state index is -0.745. The predicted molar refractivity (Wildman–Crippen MR) is 47.7 cm³/mol. The molecule has 72 valence electrons. The van der Waals surface area contributed by atoms with Gasteiger partial charge in [-0.2, -0.15) is 4.73 Å². The summed E-state index contributed by atoms with van der Waals surface area (Å²) in [5, 5.41) is 18.0. The Hall–Kier alpha value is -1.78. The predicted octanol–water partition coefficient (Wildman–Crippen LogP) is 0.383. The summed E-state index contributed by atoms with van der Waals surface area (Å²) in [5.41, 5.74) is 5.73. The SMILES string of the molecule is CCC(=O)O.Nc1ccc[n+]([O-])c1. The molecule has 3 N–H and O–H groups in total.